The summed E-state index contributed by atoms with van der Waals surface area (Å²) in [5, 5.41) is 1.14. The van der Waals surface area contributed by atoms with Crippen LogP contribution in [-0.4, -0.2) is 29.9 Å². The highest BCUT2D eigenvalue weighted by molar-refractivity contribution is 7.18. The van der Waals surface area contributed by atoms with Crippen molar-refractivity contribution in [2.24, 2.45) is 0 Å². The highest BCUT2D eigenvalue weighted by atomic mass is 32.1. The molecule has 28 heavy (non-hydrogen) atoms. The van der Waals surface area contributed by atoms with Crippen molar-refractivity contribution in [1.82, 2.24) is 4.98 Å². The van der Waals surface area contributed by atoms with Crippen LogP contribution in [0, 0.1) is 6.92 Å². The molecule has 3 aromatic rings. The number of nitrogens with one attached hydrogen (secondary N) is 1. The average Bonchev–Trinajstić information content (AvgIpc) is 3.24. The Morgan fingerprint density at radius 2 is 2.04 bits per heavy atom. The van der Waals surface area contributed by atoms with Gasteiger partial charge in [-0.1, -0.05) is 23.8 Å². The molecule has 1 aromatic heterocycles. The zero-order chi connectivity index (χ0) is 19.3. The van der Waals surface area contributed by atoms with Gasteiger partial charge in [-0.15, -0.1) is 11.3 Å². The number of ketones is 1. The van der Waals surface area contributed by atoms with Crippen LogP contribution in [0.1, 0.15) is 46.2 Å². The number of carbonyl (C=O) groups excluding carboxylic acids is 2. The summed E-state index contributed by atoms with van der Waals surface area (Å²) < 4.78 is 1.20. The Hall–Kier alpha value is -2.57. The molecule has 1 unspecified atom stereocenters. The van der Waals surface area contributed by atoms with Gasteiger partial charge in [0.15, 0.2) is 11.7 Å². The first-order valence-corrected chi connectivity index (χ1v) is 10.6. The fraction of sp³-hybridized carbons (Fsp3) is 0.318. The summed E-state index contributed by atoms with van der Waals surface area (Å²) in [6.45, 7) is 3.45. The van der Waals surface area contributed by atoms with Crippen LogP contribution in [-0.2, 0) is 4.79 Å². The third-order valence-electron chi connectivity index (χ3n) is 5.83. The number of Topliss-reactive ketones (excluding diaryl/α,β-unsaturated/α-hetero) is 1. The molecule has 1 amide bonds. The summed E-state index contributed by atoms with van der Waals surface area (Å²) in [6.07, 6.45) is 3.37. The van der Waals surface area contributed by atoms with Crippen LogP contribution in [0.5, 0.6) is 0 Å². The number of aromatic nitrogens is 1. The van der Waals surface area contributed by atoms with E-state index in [0.29, 0.717) is 12.2 Å². The lowest BCUT2D eigenvalue weighted by atomic mass is 10.0. The largest absolute Gasteiger partial charge is 0.309 e. The van der Waals surface area contributed by atoms with Gasteiger partial charge in [0.2, 0.25) is 0 Å². The van der Waals surface area contributed by atoms with Gasteiger partial charge in [-0.3, -0.25) is 14.5 Å². The van der Waals surface area contributed by atoms with Crippen molar-refractivity contribution in [3.05, 3.63) is 58.6 Å². The maximum Gasteiger partial charge on any atom is 0.303 e. The molecule has 2 atom stereocenters. The number of likely N-dealkylation sites (tertiary alicyclic amines) is 1. The first-order valence-electron chi connectivity index (χ1n) is 9.79. The molecule has 1 fully saturated rings. The second-order valence-electron chi connectivity index (χ2n) is 7.72. The van der Waals surface area contributed by atoms with E-state index in [0.717, 1.165) is 41.2 Å². The van der Waals surface area contributed by atoms with Crippen molar-refractivity contribution in [1.29, 1.82) is 0 Å². The van der Waals surface area contributed by atoms with Crippen molar-refractivity contribution in [3.63, 3.8) is 0 Å². The Morgan fingerprint density at radius 1 is 1.18 bits per heavy atom. The third kappa shape index (κ3) is 2.84. The average molecular weight is 393 g/mol. The predicted octanol–water partition coefficient (Wildman–Crippen LogP) is 2.90. The zero-order valence-electron chi connectivity index (χ0n) is 15.8. The number of thiazole rings is 1. The quantitative estimate of drug-likeness (QED) is 0.698. The Bertz CT molecular complexity index is 1060. The van der Waals surface area contributed by atoms with Gasteiger partial charge in [0.25, 0.3) is 5.78 Å². The van der Waals surface area contributed by atoms with E-state index in [1.807, 2.05) is 37.3 Å². The molecule has 5 rings (SSSR count). The van der Waals surface area contributed by atoms with E-state index in [4.69, 9.17) is 4.98 Å². The molecule has 3 heterocycles. The first-order chi connectivity index (χ1) is 13.6. The number of nitrogens with zero attached hydrogens (tertiary/aromatic N) is 2. The minimum atomic E-state index is -0.401. The molecule has 2 aliphatic rings. The maximum atomic E-state index is 12.7. The smallest absolute Gasteiger partial charge is 0.303 e. The number of hydrogen-bond acceptors (Lipinski definition) is 4. The standard InChI is InChI=1S/C22H21N3O2S/c1-14-9-10-17-15(12-14)20(26)22(27)25(17)13-24-11-5-4-7-18(24)21-23-16-6-2-3-8-19(16)28-21/h2-3,6,8-10,12,18H,4-5,7,11,13H2,1H3/p+1/t18-/m1/s1. The van der Waals surface area contributed by atoms with E-state index in [1.54, 1.807) is 16.2 Å². The van der Waals surface area contributed by atoms with Crippen LogP contribution >= 0.6 is 11.3 Å². The molecule has 0 radical (unpaired) electrons. The molecule has 0 aliphatic carbocycles. The van der Waals surface area contributed by atoms with Gasteiger partial charge in [0.1, 0.15) is 6.04 Å². The fourth-order valence-electron chi connectivity index (χ4n) is 4.38. The van der Waals surface area contributed by atoms with E-state index in [2.05, 4.69) is 12.1 Å². The fourth-order valence-corrected chi connectivity index (χ4v) is 5.54. The van der Waals surface area contributed by atoms with Gasteiger partial charge in [-0.05, 0) is 44.0 Å². The van der Waals surface area contributed by atoms with Gasteiger partial charge < -0.3 is 4.90 Å². The van der Waals surface area contributed by atoms with Crippen molar-refractivity contribution in [2.45, 2.75) is 32.2 Å². The molecule has 5 nitrogen and oxygen atoms in total. The normalized spacial score (nSPS) is 22.1. The van der Waals surface area contributed by atoms with Crippen LogP contribution in [0.2, 0.25) is 0 Å². The summed E-state index contributed by atoms with van der Waals surface area (Å²) in [4.78, 5) is 33.0. The summed E-state index contributed by atoms with van der Waals surface area (Å²) in [5.41, 5.74) is 3.33. The van der Waals surface area contributed by atoms with Gasteiger partial charge >= 0.3 is 5.91 Å². The Balaban J connectivity index is 1.46. The zero-order valence-corrected chi connectivity index (χ0v) is 16.6. The molecule has 2 aromatic carbocycles. The number of carbonyl (C=O) groups is 2. The predicted molar refractivity (Wildman–Crippen MR) is 110 cm³/mol. The lowest BCUT2D eigenvalue weighted by molar-refractivity contribution is -0.935. The number of anilines is 1. The Morgan fingerprint density at radius 3 is 2.89 bits per heavy atom. The summed E-state index contributed by atoms with van der Waals surface area (Å²) >= 11 is 1.75. The first kappa shape index (κ1) is 17.5. The Kier molecular flexibility index (Phi) is 4.25. The molecular weight excluding hydrogens is 370 g/mol. The summed E-state index contributed by atoms with van der Waals surface area (Å²) in [7, 11) is 0. The molecule has 2 aliphatic heterocycles. The molecule has 6 heteroatoms. The number of piperidine rings is 1. The molecule has 1 saturated heterocycles. The van der Waals surface area contributed by atoms with Gasteiger partial charge in [0, 0.05) is 6.42 Å². The molecular formula is C22H22N3O2S+. The van der Waals surface area contributed by atoms with Crippen molar-refractivity contribution < 1.29 is 14.5 Å². The SMILES string of the molecule is Cc1ccc2c(c1)C(=O)C(=O)N2C[NH+]1CCCC[C@@H]1c1nc2ccccc2s1. The topological polar surface area (TPSA) is 54.7 Å². The number of rotatable bonds is 3. The van der Waals surface area contributed by atoms with E-state index in [9.17, 15) is 9.59 Å². The van der Waals surface area contributed by atoms with Crippen LogP contribution in [0.15, 0.2) is 42.5 Å². The van der Waals surface area contributed by atoms with Crippen LogP contribution in [0.4, 0.5) is 5.69 Å². The molecule has 142 valence electrons. The van der Waals surface area contributed by atoms with Gasteiger partial charge in [0.05, 0.1) is 28.0 Å². The third-order valence-corrected chi connectivity index (χ3v) is 6.98. The summed E-state index contributed by atoms with van der Waals surface area (Å²) in [6, 6.07) is 14.2. The molecule has 0 saturated carbocycles. The summed E-state index contributed by atoms with van der Waals surface area (Å²) in [5.74, 6) is -0.784. The van der Waals surface area contributed by atoms with E-state index < -0.39 is 5.91 Å². The van der Waals surface area contributed by atoms with Crippen LogP contribution in [0.3, 0.4) is 0 Å². The maximum absolute atomic E-state index is 12.7. The number of para-hydroxylation sites is 1. The molecule has 0 spiro atoms. The second kappa shape index (κ2) is 6.79. The number of aryl methyl sites for hydroxylation is 1. The van der Waals surface area contributed by atoms with Gasteiger partial charge in [-0.2, -0.15) is 0 Å². The minimum Gasteiger partial charge on any atom is -0.309 e. The second-order valence-corrected chi connectivity index (χ2v) is 8.78. The number of fused-ring (bicyclic) bond motifs is 2. The number of benzene rings is 2. The lowest BCUT2D eigenvalue weighted by Gasteiger charge is -2.33. The van der Waals surface area contributed by atoms with Crippen LogP contribution < -0.4 is 9.80 Å². The highest BCUT2D eigenvalue weighted by Crippen LogP contribution is 2.31. The minimum absolute atomic E-state index is 0.267. The lowest BCUT2D eigenvalue weighted by Crippen LogP contribution is -3.14. The van der Waals surface area contributed by atoms with Crippen molar-refractivity contribution in [3.8, 4) is 0 Å². The van der Waals surface area contributed by atoms with Crippen molar-refractivity contribution >= 4 is 38.9 Å². The van der Waals surface area contributed by atoms with E-state index in [1.165, 1.54) is 16.0 Å². The molecule has 1 N–H and O–H groups in total. The monoisotopic (exact) mass is 392 g/mol. The van der Waals surface area contributed by atoms with E-state index in [-0.39, 0.29) is 11.8 Å². The Labute approximate surface area is 167 Å². The molecule has 0 bridgehead atoms. The highest BCUT2D eigenvalue weighted by Gasteiger charge is 2.40. The van der Waals surface area contributed by atoms with E-state index >= 15 is 0 Å². The van der Waals surface area contributed by atoms with Crippen LogP contribution in [0.25, 0.3) is 10.2 Å². The number of quaternary nitrogens is 1. The van der Waals surface area contributed by atoms with Gasteiger partial charge in [-0.25, -0.2) is 4.98 Å². The number of hydrogen-bond donors (Lipinski definition) is 1. The van der Waals surface area contributed by atoms with Crippen molar-refractivity contribution in [2.75, 3.05) is 18.1 Å². The number of amides is 1.